The van der Waals surface area contributed by atoms with E-state index in [0.29, 0.717) is 13.2 Å². The van der Waals surface area contributed by atoms with Crippen LogP contribution in [-0.4, -0.2) is 19.3 Å². The molecule has 0 unspecified atom stereocenters. The van der Waals surface area contributed by atoms with E-state index in [1.807, 2.05) is 50.2 Å². The molecule has 0 aromatic heterocycles. The maximum atomic E-state index is 5.94. The molecule has 96 valence electrons. The van der Waals surface area contributed by atoms with Gasteiger partial charge in [0.25, 0.3) is 0 Å². The fourth-order valence-electron chi connectivity index (χ4n) is 1.86. The summed E-state index contributed by atoms with van der Waals surface area (Å²) < 4.78 is 11.2. The van der Waals surface area contributed by atoms with Crippen molar-refractivity contribution in [3.8, 4) is 5.75 Å². The number of nitrogen functional groups attached to an aromatic ring is 1. The van der Waals surface area contributed by atoms with Crippen LogP contribution in [0, 0.1) is 0 Å². The quantitative estimate of drug-likeness (QED) is 0.649. The zero-order valence-corrected chi connectivity index (χ0v) is 10.8. The molecule has 0 radical (unpaired) electrons. The number of hydrogen-bond donors (Lipinski definition) is 1. The van der Waals surface area contributed by atoms with Gasteiger partial charge in [-0.25, -0.2) is 0 Å². The van der Waals surface area contributed by atoms with Crippen LogP contribution in [0.3, 0.4) is 0 Å². The van der Waals surface area contributed by atoms with Crippen molar-refractivity contribution in [3.05, 3.63) is 36.4 Å². The number of nitrogens with two attached hydrogens (primary N) is 1. The van der Waals surface area contributed by atoms with Crippen LogP contribution < -0.4 is 10.5 Å². The third kappa shape index (κ3) is 2.93. The largest absolute Gasteiger partial charge is 0.491 e. The fourth-order valence-corrected chi connectivity index (χ4v) is 1.86. The number of ether oxygens (including phenoxy) is 2. The third-order valence-electron chi connectivity index (χ3n) is 2.71. The monoisotopic (exact) mass is 245 g/mol. The van der Waals surface area contributed by atoms with Gasteiger partial charge in [0.1, 0.15) is 12.4 Å². The van der Waals surface area contributed by atoms with E-state index < -0.39 is 0 Å². The Labute approximate surface area is 108 Å². The van der Waals surface area contributed by atoms with Crippen LogP contribution in [0.5, 0.6) is 5.75 Å². The molecule has 0 fully saturated rings. The van der Waals surface area contributed by atoms with Gasteiger partial charge < -0.3 is 15.2 Å². The molecule has 0 aliphatic carbocycles. The summed E-state index contributed by atoms with van der Waals surface area (Å²) in [5.41, 5.74) is 6.71. The Morgan fingerprint density at radius 3 is 2.44 bits per heavy atom. The van der Waals surface area contributed by atoms with Gasteiger partial charge >= 0.3 is 0 Å². The van der Waals surface area contributed by atoms with Crippen molar-refractivity contribution < 1.29 is 9.47 Å². The minimum atomic E-state index is 0.233. The lowest BCUT2D eigenvalue weighted by Crippen LogP contribution is -2.11. The van der Waals surface area contributed by atoms with Crippen molar-refractivity contribution in [1.82, 2.24) is 0 Å². The molecule has 0 saturated heterocycles. The maximum Gasteiger partial charge on any atom is 0.127 e. The van der Waals surface area contributed by atoms with E-state index in [1.165, 1.54) is 0 Å². The van der Waals surface area contributed by atoms with Gasteiger partial charge in [0.2, 0.25) is 0 Å². The van der Waals surface area contributed by atoms with E-state index in [4.69, 9.17) is 15.2 Å². The molecular weight excluding hydrogens is 226 g/mol. The Morgan fingerprint density at radius 1 is 1.00 bits per heavy atom. The summed E-state index contributed by atoms with van der Waals surface area (Å²) in [7, 11) is 0. The van der Waals surface area contributed by atoms with E-state index in [1.54, 1.807) is 0 Å². The predicted molar refractivity (Wildman–Crippen MR) is 74.9 cm³/mol. The highest BCUT2D eigenvalue weighted by atomic mass is 16.5. The van der Waals surface area contributed by atoms with E-state index in [9.17, 15) is 0 Å². The number of fused-ring (bicyclic) bond motifs is 1. The molecular formula is C15H19NO2. The number of benzene rings is 2. The van der Waals surface area contributed by atoms with Gasteiger partial charge in [0.15, 0.2) is 0 Å². The Morgan fingerprint density at radius 2 is 1.72 bits per heavy atom. The van der Waals surface area contributed by atoms with Gasteiger partial charge in [-0.05, 0) is 26.0 Å². The van der Waals surface area contributed by atoms with Crippen LogP contribution in [0.15, 0.2) is 36.4 Å². The second-order valence-corrected chi connectivity index (χ2v) is 4.47. The Hall–Kier alpha value is -1.74. The Bertz CT molecular complexity index is 523. The molecule has 0 amide bonds. The first-order valence-corrected chi connectivity index (χ1v) is 6.20. The molecule has 0 heterocycles. The summed E-state index contributed by atoms with van der Waals surface area (Å²) >= 11 is 0. The van der Waals surface area contributed by atoms with Crippen molar-refractivity contribution in [1.29, 1.82) is 0 Å². The van der Waals surface area contributed by atoms with Gasteiger partial charge in [-0.3, -0.25) is 0 Å². The van der Waals surface area contributed by atoms with Crippen molar-refractivity contribution in [2.45, 2.75) is 20.0 Å². The zero-order valence-electron chi connectivity index (χ0n) is 10.8. The lowest BCUT2D eigenvalue weighted by molar-refractivity contribution is 0.0556. The van der Waals surface area contributed by atoms with Gasteiger partial charge in [0, 0.05) is 16.5 Å². The number of anilines is 1. The molecule has 0 spiro atoms. The first-order valence-electron chi connectivity index (χ1n) is 6.20. The standard InChI is InChI=1S/C15H19NO2/c1-11(2)17-9-10-18-15-8-7-14(16)12-5-3-4-6-13(12)15/h3-8,11H,9-10,16H2,1-2H3. The SMILES string of the molecule is CC(C)OCCOc1ccc(N)c2ccccc12. The van der Waals surface area contributed by atoms with Crippen LogP contribution in [0.1, 0.15) is 13.8 Å². The van der Waals surface area contributed by atoms with Gasteiger partial charge in [-0.1, -0.05) is 24.3 Å². The maximum absolute atomic E-state index is 5.94. The van der Waals surface area contributed by atoms with Crippen LogP contribution in [-0.2, 0) is 4.74 Å². The molecule has 0 aliphatic heterocycles. The molecule has 0 saturated carbocycles. The zero-order chi connectivity index (χ0) is 13.0. The molecule has 2 aromatic carbocycles. The highest BCUT2D eigenvalue weighted by molar-refractivity contribution is 5.96. The Kier molecular flexibility index (Phi) is 4.05. The first kappa shape index (κ1) is 12.7. The lowest BCUT2D eigenvalue weighted by Gasteiger charge is -2.12. The minimum Gasteiger partial charge on any atom is -0.491 e. The predicted octanol–water partition coefficient (Wildman–Crippen LogP) is 3.23. The van der Waals surface area contributed by atoms with Gasteiger partial charge in [0.05, 0.1) is 12.7 Å². The smallest absolute Gasteiger partial charge is 0.127 e. The van der Waals surface area contributed by atoms with Gasteiger partial charge in [-0.15, -0.1) is 0 Å². The third-order valence-corrected chi connectivity index (χ3v) is 2.71. The topological polar surface area (TPSA) is 44.5 Å². The van der Waals surface area contributed by atoms with Crippen LogP contribution in [0.25, 0.3) is 10.8 Å². The molecule has 18 heavy (non-hydrogen) atoms. The molecule has 3 heteroatoms. The van der Waals surface area contributed by atoms with Gasteiger partial charge in [-0.2, -0.15) is 0 Å². The van der Waals surface area contributed by atoms with E-state index in [2.05, 4.69) is 0 Å². The molecule has 2 aromatic rings. The molecule has 0 atom stereocenters. The van der Waals surface area contributed by atoms with Crippen molar-refractivity contribution in [3.63, 3.8) is 0 Å². The van der Waals surface area contributed by atoms with Crippen molar-refractivity contribution in [2.24, 2.45) is 0 Å². The second kappa shape index (κ2) is 5.74. The Balaban J connectivity index is 2.11. The summed E-state index contributed by atoms with van der Waals surface area (Å²) in [5.74, 6) is 0.854. The molecule has 2 rings (SSSR count). The average molecular weight is 245 g/mol. The summed E-state index contributed by atoms with van der Waals surface area (Å²) in [6.07, 6.45) is 0.233. The molecule has 3 nitrogen and oxygen atoms in total. The van der Waals surface area contributed by atoms with Crippen LogP contribution in [0.2, 0.25) is 0 Å². The number of hydrogen-bond acceptors (Lipinski definition) is 3. The molecule has 0 bridgehead atoms. The average Bonchev–Trinajstić information content (AvgIpc) is 2.37. The highest BCUT2D eigenvalue weighted by Crippen LogP contribution is 2.29. The first-order chi connectivity index (χ1) is 8.68. The van der Waals surface area contributed by atoms with E-state index in [-0.39, 0.29) is 6.10 Å². The van der Waals surface area contributed by atoms with Crippen molar-refractivity contribution >= 4 is 16.5 Å². The summed E-state index contributed by atoms with van der Waals surface area (Å²) in [6.45, 7) is 5.17. The lowest BCUT2D eigenvalue weighted by atomic mass is 10.1. The number of rotatable bonds is 5. The van der Waals surface area contributed by atoms with Crippen LogP contribution in [0.4, 0.5) is 5.69 Å². The fraction of sp³-hybridized carbons (Fsp3) is 0.333. The van der Waals surface area contributed by atoms with E-state index in [0.717, 1.165) is 22.2 Å². The van der Waals surface area contributed by atoms with Crippen molar-refractivity contribution in [2.75, 3.05) is 18.9 Å². The summed E-state index contributed by atoms with van der Waals surface area (Å²) in [4.78, 5) is 0. The summed E-state index contributed by atoms with van der Waals surface area (Å²) in [6, 6.07) is 11.8. The summed E-state index contributed by atoms with van der Waals surface area (Å²) in [5, 5.41) is 2.07. The minimum absolute atomic E-state index is 0.233. The highest BCUT2D eigenvalue weighted by Gasteiger charge is 2.04. The molecule has 2 N–H and O–H groups in total. The van der Waals surface area contributed by atoms with Crippen LogP contribution >= 0.6 is 0 Å². The second-order valence-electron chi connectivity index (χ2n) is 4.47. The van der Waals surface area contributed by atoms with E-state index >= 15 is 0 Å². The normalized spacial score (nSPS) is 11.1. The molecule has 0 aliphatic rings.